The van der Waals surface area contributed by atoms with Crippen LogP contribution in [0.25, 0.3) is 0 Å². The van der Waals surface area contributed by atoms with Crippen molar-refractivity contribution in [2.24, 2.45) is 17.8 Å². The Morgan fingerprint density at radius 2 is 0.710 bits per heavy atom. The van der Waals surface area contributed by atoms with Gasteiger partial charge in [0, 0.05) is 17.9 Å². The summed E-state index contributed by atoms with van der Waals surface area (Å²) in [7, 11) is 0. The maximum absolute atomic E-state index is 10.3. The summed E-state index contributed by atoms with van der Waals surface area (Å²) in [6.45, 7) is 11.8. The first kappa shape index (κ1) is 37.6. The monoisotopic (exact) mass is 474 g/mol. The molecule has 0 heterocycles. The van der Waals surface area contributed by atoms with Crippen LogP contribution in [0, 0.1) is 17.8 Å². The van der Waals surface area contributed by atoms with Crippen LogP contribution in [-0.4, -0.2) is 17.9 Å². The van der Waals surface area contributed by atoms with Gasteiger partial charge in [-0.3, -0.25) is 0 Å². The predicted molar refractivity (Wildman–Crippen MR) is 115 cm³/mol. The van der Waals surface area contributed by atoms with E-state index in [-0.39, 0.29) is 43.6 Å². The van der Waals surface area contributed by atoms with Crippen molar-refractivity contribution in [2.75, 3.05) is 0 Å². The van der Waals surface area contributed by atoms with Gasteiger partial charge in [-0.05, 0) is 56.3 Å². The van der Waals surface area contributed by atoms with Gasteiger partial charge in [0.1, 0.15) is 0 Å². The maximum atomic E-state index is 10.3. The number of rotatable bonds is 15. The number of carboxylic acids is 3. The Balaban J connectivity index is -0.000000174. The molecule has 31 heavy (non-hydrogen) atoms. The SMILES string of the molecule is CCCCC(CC)C(=O)[O-].CCCCC(CC)C(=O)[O-].CCCCC(CC)C(=O)[O-].[Sc+3]. The van der Waals surface area contributed by atoms with Crippen molar-refractivity contribution in [3.63, 3.8) is 0 Å². The van der Waals surface area contributed by atoms with Crippen LogP contribution in [0.5, 0.6) is 0 Å². The molecule has 0 amide bonds. The zero-order chi connectivity index (χ0) is 23.9. The Hall–Kier alpha value is -0.720. The van der Waals surface area contributed by atoms with E-state index >= 15 is 0 Å². The molecule has 0 aliphatic heterocycles. The molecule has 7 heteroatoms. The van der Waals surface area contributed by atoms with Gasteiger partial charge < -0.3 is 29.7 Å². The topological polar surface area (TPSA) is 120 Å². The Bertz CT molecular complexity index is 366. The molecule has 0 fully saturated rings. The van der Waals surface area contributed by atoms with Gasteiger partial charge in [0.05, 0.1) is 0 Å². The van der Waals surface area contributed by atoms with Crippen LogP contribution in [0.2, 0.25) is 0 Å². The Morgan fingerprint density at radius 3 is 0.806 bits per heavy atom. The van der Waals surface area contributed by atoms with E-state index in [2.05, 4.69) is 20.8 Å². The van der Waals surface area contributed by atoms with Crippen molar-refractivity contribution in [2.45, 2.75) is 119 Å². The van der Waals surface area contributed by atoms with E-state index in [4.69, 9.17) is 0 Å². The first-order chi connectivity index (χ1) is 14.2. The molecule has 0 aliphatic rings. The molecule has 0 aromatic heterocycles. The van der Waals surface area contributed by atoms with Gasteiger partial charge in [0.15, 0.2) is 0 Å². The maximum Gasteiger partial charge on any atom is 3.00 e. The second kappa shape index (κ2) is 27.3. The average molecular weight is 475 g/mol. The zero-order valence-corrected chi connectivity index (χ0v) is 22.5. The Labute approximate surface area is 209 Å². The summed E-state index contributed by atoms with van der Waals surface area (Å²) in [6, 6.07) is 0. The molecule has 0 aromatic carbocycles. The first-order valence-corrected chi connectivity index (χ1v) is 11.8. The molecule has 6 nitrogen and oxygen atoms in total. The number of carbonyl (C=O) groups is 3. The number of carbonyl (C=O) groups excluding carboxylic acids is 3. The summed E-state index contributed by atoms with van der Waals surface area (Å²) in [5.74, 6) is -3.34. The summed E-state index contributed by atoms with van der Waals surface area (Å²) in [5.41, 5.74) is 0. The van der Waals surface area contributed by atoms with Crippen molar-refractivity contribution >= 4 is 17.9 Å². The smallest absolute Gasteiger partial charge is 0.550 e. The molecule has 0 spiro atoms. The van der Waals surface area contributed by atoms with Crippen LogP contribution >= 0.6 is 0 Å². The van der Waals surface area contributed by atoms with Crippen LogP contribution in [-0.2, 0) is 40.2 Å². The predicted octanol–water partition coefficient (Wildman–Crippen LogP) is 2.86. The fourth-order valence-corrected chi connectivity index (χ4v) is 2.82. The number of hydrogen-bond acceptors (Lipinski definition) is 6. The van der Waals surface area contributed by atoms with E-state index in [1.807, 2.05) is 20.8 Å². The van der Waals surface area contributed by atoms with Crippen molar-refractivity contribution in [1.82, 2.24) is 0 Å². The van der Waals surface area contributed by atoms with Crippen LogP contribution < -0.4 is 15.3 Å². The summed E-state index contributed by atoms with van der Waals surface area (Å²) in [6.07, 6.45) is 10.6. The third-order valence-corrected chi connectivity index (χ3v) is 5.20. The quantitative estimate of drug-likeness (QED) is 0.360. The first-order valence-electron chi connectivity index (χ1n) is 11.8. The van der Waals surface area contributed by atoms with Gasteiger partial charge in [-0.25, -0.2) is 0 Å². The summed E-state index contributed by atoms with van der Waals surface area (Å²) >= 11 is 0. The van der Waals surface area contributed by atoms with E-state index in [1.54, 1.807) is 0 Å². The van der Waals surface area contributed by atoms with E-state index in [0.717, 1.165) is 57.8 Å². The Kier molecular flexibility index (Phi) is 33.1. The van der Waals surface area contributed by atoms with Gasteiger partial charge in [0.2, 0.25) is 0 Å². The second-order valence-electron chi connectivity index (χ2n) is 7.70. The second-order valence-corrected chi connectivity index (χ2v) is 7.70. The average Bonchev–Trinajstić information content (AvgIpc) is 2.70. The minimum atomic E-state index is -0.893. The van der Waals surface area contributed by atoms with Gasteiger partial charge in [-0.1, -0.05) is 80.1 Å². The van der Waals surface area contributed by atoms with Crippen molar-refractivity contribution in [1.29, 1.82) is 0 Å². The summed E-state index contributed by atoms with van der Waals surface area (Å²) in [4.78, 5) is 31.0. The number of unbranched alkanes of at least 4 members (excludes halogenated alkanes) is 3. The van der Waals surface area contributed by atoms with E-state index in [0.29, 0.717) is 19.3 Å². The molecule has 3 unspecified atom stereocenters. The molecule has 0 saturated carbocycles. The van der Waals surface area contributed by atoms with Gasteiger partial charge in [0.25, 0.3) is 0 Å². The van der Waals surface area contributed by atoms with E-state index in [9.17, 15) is 29.7 Å². The van der Waals surface area contributed by atoms with Crippen molar-refractivity contribution < 1.29 is 55.5 Å². The summed E-state index contributed by atoms with van der Waals surface area (Å²) < 4.78 is 0. The fourth-order valence-electron chi connectivity index (χ4n) is 2.82. The molecular formula is C24H45O6Sc. The molecule has 0 N–H and O–H groups in total. The zero-order valence-electron chi connectivity index (χ0n) is 20.7. The number of hydrogen-bond donors (Lipinski definition) is 0. The third-order valence-electron chi connectivity index (χ3n) is 5.20. The van der Waals surface area contributed by atoms with E-state index in [1.165, 1.54) is 0 Å². The molecule has 0 radical (unpaired) electrons. The van der Waals surface area contributed by atoms with Crippen LogP contribution in [0.4, 0.5) is 0 Å². The van der Waals surface area contributed by atoms with Gasteiger partial charge >= 0.3 is 25.8 Å². The van der Waals surface area contributed by atoms with Crippen LogP contribution in [0.3, 0.4) is 0 Å². The van der Waals surface area contributed by atoms with Crippen LogP contribution in [0.15, 0.2) is 0 Å². The van der Waals surface area contributed by atoms with Gasteiger partial charge in [-0.15, -0.1) is 0 Å². The van der Waals surface area contributed by atoms with E-state index < -0.39 is 17.9 Å². The molecule has 3 atom stereocenters. The standard InChI is InChI=1S/3C8H16O2.Sc/c3*1-3-5-6-7(4-2)8(9)10;/h3*7H,3-6H2,1-2H3,(H,9,10);/q;;;+3/p-3. The molecule has 0 aromatic rings. The normalized spacial score (nSPS) is 12.6. The van der Waals surface area contributed by atoms with Crippen LogP contribution in [0.1, 0.15) is 119 Å². The molecule has 0 bridgehead atoms. The number of aliphatic carboxylic acids is 3. The third kappa shape index (κ3) is 25.4. The Morgan fingerprint density at radius 1 is 0.516 bits per heavy atom. The van der Waals surface area contributed by atoms with Crippen molar-refractivity contribution in [3.8, 4) is 0 Å². The summed E-state index contributed by atoms with van der Waals surface area (Å²) in [5, 5.41) is 31.0. The van der Waals surface area contributed by atoms with Gasteiger partial charge in [-0.2, -0.15) is 0 Å². The largest absolute Gasteiger partial charge is 3.00 e. The molecule has 0 saturated heterocycles. The fraction of sp³-hybridized carbons (Fsp3) is 0.875. The molecule has 0 rings (SSSR count). The minimum absolute atomic E-state index is 0. The minimum Gasteiger partial charge on any atom is -0.550 e. The number of carboxylic acid groups (broad SMARTS) is 3. The van der Waals surface area contributed by atoms with Crippen molar-refractivity contribution in [3.05, 3.63) is 0 Å². The molecule has 180 valence electrons. The molecule has 0 aliphatic carbocycles. The molecular weight excluding hydrogens is 429 g/mol.